The standard InChI is InChI=1S/C17H15BrFNO3S/c18-13-7-5-12(6-8-13)9-23-17(22)11-24-10-16(21)20-15-4-2-1-3-14(15)19/h1-8H,9-11H2,(H,20,21). The number of benzene rings is 2. The average Bonchev–Trinajstić information content (AvgIpc) is 2.56. The number of hydrogen-bond acceptors (Lipinski definition) is 4. The lowest BCUT2D eigenvalue weighted by Crippen LogP contribution is -2.17. The lowest BCUT2D eigenvalue weighted by atomic mass is 10.2. The molecule has 7 heteroatoms. The second-order valence-corrected chi connectivity index (χ2v) is 6.71. The fraction of sp³-hybridized carbons (Fsp3) is 0.176. The number of rotatable bonds is 7. The number of amides is 1. The predicted molar refractivity (Wildman–Crippen MR) is 96.3 cm³/mol. The number of ether oxygens (including phenoxy) is 1. The Morgan fingerprint density at radius 1 is 1.08 bits per heavy atom. The van der Waals surface area contributed by atoms with E-state index in [0.29, 0.717) is 0 Å². The molecule has 0 radical (unpaired) electrons. The first-order valence-electron chi connectivity index (χ1n) is 7.07. The maximum absolute atomic E-state index is 13.4. The van der Waals surface area contributed by atoms with Crippen LogP contribution in [0.2, 0.25) is 0 Å². The van der Waals surface area contributed by atoms with E-state index < -0.39 is 11.8 Å². The Balaban J connectivity index is 1.66. The van der Waals surface area contributed by atoms with Crippen LogP contribution >= 0.6 is 27.7 Å². The summed E-state index contributed by atoms with van der Waals surface area (Å²) in [7, 11) is 0. The maximum atomic E-state index is 13.4. The smallest absolute Gasteiger partial charge is 0.316 e. The van der Waals surface area contributed by atoms with Crippen LogP contribution in [0.15, 0.2) is 53.0 Å². The topological polar surface area (TPSA) is 55.4 Å². The molecule has 0 fully saturated rings. The lowest BCUT2D eigenvalue weighted by Gasteiger charge is -2.07. The Bertz CT molecular complexity index is 709. The zero-order valence-electron chi connectivity index (χ0n) is 12.6. The van der Waals surface area contributed by atoms with Gasteiger partial charge in [-0.05, 0) is 29.8 Å². The third kappa shape index (κ3) is 6.33. The molecular weight excluding hydrogens is 397 g/mol. The Morgan fingerprint density at radius 3 is 2.50 bits per heavy atom. The van der Waals surface area contributed by atoms with Crippen molar-refractivity contribution >= 4 is 45.3 Å². The van der Waals surface area contributed by atoms with Crippen molar-refractivity contribution in [2.24, 2.45) is 0 Å². The summed E-state index contributed by atoms with van der Waals surface area (Å²) in [5, 5.41) is 2.46. The molecule has 0 aliphatic rings. The summed E-state index contributed by atoms with van der Waals surface area (Å²) in [6.07, 6.45) is 0. The normalized spacial score (nSPS) is 10.2. The van der Waals surface area contributed by atoms with Crippen molar-refractivity contribution in [3.8, 4) is 0 Å². The van der Waals surface area contributed by atoms with Crippen LogP contribution in [0.1, 0.15) is 5.56 Å². The highest BCUT2D eigenvalue weighted by atomic mass is 79.9. The van der Waals surface area contributed by atoms with Gasteiger partial charge in [-0.3, -0.25) is 9.59 Å². The van der Waals surface area contributed by atoms with Gasteiger partial charge in [-0.15, -0.1) is 11.8 Å². The zero-order chi connectivity index (χ0) is 17.4. The summed E-state index contributed by atoms with van der Waals surface area (Å²) in [6, 6.07) is 13.4. The van der Waals surface area contributed by atoms with E-state index in [1.165, 1.54) is 12.1 Å². The lowest BCUT2D eigenvalue weighted by molar-refractivity contribution is -0.141. The molecular formula is C17H15BrFNO3S. The van der Waals surface area contributed by atoms with E-state index in [0.717, 1.165) is 21.8 Å². The third-order valence-electron chi connectivity index (χ3n) is 2.91. The molecule has 2 rings (SSSR count). The van der Waals surface area contributed by atoms with E-state index in [-0.39, 0.29) is 29.7 Å². The molecule has 1 amide bonds. The average molecular weight is 412 g/mol. The SMILES string of the molecule is O=C(CSCC(=O)OCc1ccc(Br)cc1)Nc1ccccc1F. The van der Waals surface area contributed by atoms with Crippen LogP contribution in [0.4, 0.5) is 10.1 Å². The minimum atomic E-state index is -0.496. The molecule has 4 nitrogen and oxygen atoms in total. The summed E-state index contributed by atoms with van der Waals surface area (Å²) >= 11 is 4.44. The Labute approximate surface area is 151 Å². The highest BCUT2D eigenvalue weighted by molar-refractivity contribution is 9.10. The van der Waals surface area contributed by atoms with Crippen molar-refractivity contribution in [3.05, 3.63) is 64.4 Å². The van der Waals surface area contributed by atoms with Crippen molar-refractivity contribution < 1.29 is 18.7 Å². The quantitative estimate of drug-likeness (QED) is 0.699. The Morgan fingerprint density at radius 2 is 1.79 bits per heavy atom. The van der Waals surface area contributed by atoms with Crippen molar-refractivity contribution in [1.29, 1.82) is 0 Å². The molecule has 0 bridgehead atoms. The van der Waals surface area contributed by atoms with Crippen LogP contribution in [0.5, 0.6) is 0 Å². The molecule has 0 aliphatic heterocycles. The van der Waals surface area contributed by atoms with Gasteiger partial charge in [0.1, 0.15) is 12.4 Å². The van der Waals surface area contributed by atoms with E-state index in [2.05, 4.69) is 21.2 Å². The monoisotopic (exact) mass is 411 g/mol. The molecule has 2 aromatic rings. The van der Waals surface area contributed by atoms with Gasteiger partial charge in [0.2, 0.25) is 5.91 Å². The fourth-order valence-electron chi connectivity index (χ4n) is 1.76. The van der Waals surface area contributed by atoms with E-state index in [1.54, 1.807) is 12.1 Å². The summed E-state index contributed by atoms with van der Waals surface area (Å²) < 4.78 is 19.5. The summed E-state index contributed by atoms with van der Waals surface area (Å²) in [5.41, 5.74) is 1.01. The summed E-state index contributed by atoms with van der Waals surface area (Å²) in [6.45, 7) is 0.189. The number of carbonyl (C=O) groups excluding carboxylic acids is 2. The highest BCUT2D eigenvalue weighted by Gasteiger charge is 2.09. The predicted octanol–water partition coefficient (Wildman–Crippen LogP) is 4.00. The van der Waals surface area contributed by atoms with Gasteiger partial charge in [-0.25, -0.2) is 4.39 Å². The molecule has 0 atom stereocenters. The van der Waals surface area contributed by atoms with E-state index >= 15 is 0 Å². The number of halogens is 2. The van der Waals surface area contributed by atoms with E-state index in [1.807, 2.05) is 24.3 Å². The zero-order valence-corrected chi connectivity index (χ0v) is 15.0. The minimum absolute atomic E-state index is 0.0434. The highest BCUT2D eigenvalue weighted by Crippen LogP contribution is 2.14. The van der Waals surface area contributed by atoms with Crippen LogP contribution < -0.4 is 5.32 Å². The molecule has 0 aliphatic carbocycles. The van der Waals surface area contributed by atoms with Gasteiger partial charge in [-0.1, -0.05) is 40.2 Å². The Kier molecular flexibility index (Phi) is 7.27. The first-order valence-corrected chi connectivity index (χ1v) is 9.01. The molecule has 0 unspecified atom stereocenters. The molecule has 0 saturated carbocycles. The van der Waals surface area contributed by atoms with Gasteiger partial charge in [0.15, 0.2) is 0 Å². The van der Waals surface area contributed by atoms with Crippen LogP contribution in [-0.4, -0.2) is 23.4 Å². The molecule has 0 aromatic heterocycles. The second-order valence-electron chi connectivity index (χ2n) is 4.81. The molecule has 2 aromatic carbocycles. The van der Waals surface area contributed by atoms with Crippen molar-refractivity contribution in [1.82, 2.24) is 0 Å². The number of carbonyl (C=O) groups is 2. The molecule has 126 valence electrons. The van der Waals surface area contributed by atoms with E-state index in [4.69, 9.17) is 4.74 Å². The molecule has 1 N–H and O–H groups in total. The van der Waals surface area contributed by atoms with Gasteiger partial charge in [0.05, 0.1) is 17.2 Å². The molecule has 0 spiro atoms. The molecule has 0 saturated heterocycles. The van der Waals surface area contributed by atoms with Gasteiger partial charge in [-0.2, -0.15) is 0 Å². The van der Waals surface area contributed by atoms with Crippen molar-refractivity contribution in [3.63, 3.8) is 0 Å². The largest absolute Gasteiger partial charge is 0.460 e. The van der Waals surface area contributed by atoms with Gasteiger partial charge in [0.25, 0.3) is 0 Å². The Hall–Kier alpha value is -1.86. The maximum Gasteiger partial charge on any atom is 0.316 e. The van der Waals surface area contributed by atoms with Crippen LogP contribution in [0, 0.1) is 5.82 Å². The van der Waals surface area contributed by atoms with E-state index in [9.17, 15) is 14.0 Å². The second kappa shape index (κ2) is 9.44. The number of esters is 1. The number of thioether (sulfide) groups is 1. The third-order valence-corrected chi connectivity index (χ3v) is 4.35. The van der Waals surface area contributed by atoms with Gasteiger partial charge < -0.3 is 10.1 Å². The number of nitrogens with one attached hydrogen (secondary N) is 1. The van der Waals surface area contributed by atoms with Gasteiger partial charge in [0, 0.05) is 4.47 Å². The summed E-state index contributed by atoms with van der Waals surface area (Å²) in [5.74, 6) is -1.17. The van der Waals surface area contributed by atoms with Crippen molar-refractivity contribution in [2.75, 3.05) is 16.8 Å². The van der Waals surface area contributed by atoms with Gasteiger partial charge >= 0.3 is 5.97 Å². The molecule has 0 heterocycles. The van der Waals surface area contributed by atoms with Crippen LogP contribution in [-0.2, 0) is 20.9 Å². The fourth-order valence-corrected chi connectivity index (χ4v) is 2.64. The minimum Gasteiger partial charge on any atom is -0.460 e. The number of hydrogen-bond donors (Lipinski definition) is 1. The van der Waals surface area contributed by atoms with Crippen molar-refractivity contribution in [2.45, 2.75) is 6.61 Å². The molecule has 24 heavy (non-hydrogen) atoms. The van der Waals surface area contributed by atoms with Crippen LogP contribution in [0.25, 0.3) is 0 Å². The number of anilines is 1. The first kappa shape index (κ1) is 18.5. The first-order chi connectivity index (χ1) is 11.5. The summed E-state index contributed by atoms with van der Waals surface area (Å²) in [4.78, 5) is 23.3. The number of para-hydroxylation sites is 1. The van der Waals surface area contributed by atoms with Crippen LogP contribution in [0.3, 0.4) is 0 Å².